The Labute approximate surface area is 201 Å². The van der Waals surface area contributed by atoms with Crippen LogP contribution in [0.4, 0.5) is 5.69 Å². The van der Waals surface area contributed by atoms with Gasteiger partial charge in [-0.2, -0.15) is 0 Å². The van der Waals surface area contributed by atoms with Crippen molar-refractivity contribution in [2.45, 2.75) is 51.8 Å². The average Bonchev–Trinajstić information content (AvgIpc) is 3.12. The summed E-state index contributed by atoms with van der Waals surface area (Å²) in [6.45, 7) is 9.87. The number of hydrogen-bond donors (Lipinski definition) is 1. The number of carbonyl (C=O) groups excluding carboxylic acids is 1. The van der Waals surface area contributed by atoms with Crippen molar-refractivity contribution in [2.75, 3.05) is 5.32 Å². The third-order valence-corrected chi connectivity index (χ3v) is 7.88. The van der Waals surface area contributed by atoms with Crippen molar-refractivity contribution < 1.29 is 13.2 Å². The average molecular weight is 475 g/mol. The molecule has 0 saturated carbocycles. The van der Waals surface area contributed by atoms with Crippen LogP contribution in [0.25, 0.3) is 10.9 Å². The number of amides is 1. The van der Waals surface area contributed by atoms with E-state index in [4.69, 9.17) is 0 Å². The fourth-order valence-corrected chi connectivity index (χ4v) is 6.21. The summed E-state index contributed by atoms with van der Waals surface area (Å²) in [5.41, 5.74) is 7.42. The van der Waals surface area contributed by atoms with Crippen molar-refractivity contribution in [3.8, 4) is 0 Å². The van der Waals surface area contributed by atoms with Gasteiger partial charge in [0.2, 0.25) is 5.91 Å². The fourth-order valence-electron chi connectivity index (χ4n) is 4.54. The first-order valence-electron chi connectivity index (χ1n) is 11.3. The predicted octanol–water partition coefficient (Wildman–Crippen LogP) is 5.80. The lowest BCUT2D eigenvalue weighted by Gasteiger charge is -2.13. The number of nitrogens with zero attached hydrogens (tertiary/aromatic N) is 1. The molecule has 176 valence electrons. The zero-order valence-electron chi connectivity index (χ0n) is 20.3. The van der Waals surface area contributed by atoms with Crippen LogP contribution in [0.5, 0.6) is 0 Å². The highest BCUT2D eigenvalue weighted by Gasteiger charge is 2.23. The van der Waals surface area contributed by atoms with Crippen LogP contribution in [-0.4, -0.2) is 18.9 Å². The molecule has 3 aromatic carbocycles. The largest absolute Gasteiger partial charge is 0.337 e. The molecule has 1 heterocycles. The van der Waals surface area contributed by atoms with E-state index >= 15 is 0 Å². The van der Waals surface area contributed by atoms with Crippen LogP contribution in [0, 0.1) is 34.6 Å². The Morgan fingerprint density at radius 1 is 0.853 bits per heavy atom. The lowest BCUT2D eigenvalue weighted by molar-refractivity contribution is -0.116. The molecule has 4 rings (SSSR count). The lowest BCUT2D eigenvalue weighted by atomic mass is 10.1. The molecule has 34 heavy (non-hydrogen) atoms. The summed E-state index contributed by atoms with van der Waals surface area (Å²) in [6.07, 6.45) is 1.60. The number of aryl methyl sites for hydroxylation is 5. The molecule has 6 heteroatoms. The Morgan fingerprint density at radius 3 is 2.24 bits per heavy atom. The molecule has 0 aliphatic carbocycles. The monoisotopic (exact) mass is 474 g/mol. The van der Waals surface area contributed by atoms with Crippen molar-refractivity contribution >= 4 is 32.3 Å². The molecule has 0 fully saturated rings. The summed E-state index contributed by atoms with van der Waals surface area (Å²) in [5, 5.41) is 3.64. The molecule has 0 bridgehead atoms. The molecule has 0 aliphatic rings. The van der Waals surface area contributed by atoms with Crippen LogP contribution < -0.4 is 5.32 Å². The molecule has 1 amide bonds. The first-order valence-corrected chi connectivity index (χ1v) is 12.9. The van der Waals surface area contributed by atoms with Gasteiger partial charge in [-0.15, -0.1) is 0 Å². The molecular weight excluding hydrogens is 444 g/mol. The maximum Gasteiger partial charge on any atom is 0.244 e. The predicted molar refractivity (Wildman–Crippen MR) is 138 cm³/mol. The minimum absolute atomic E-state index is 0.0201. The standard InChI is InChI=1S/C28H30N2O3S/c1-18-10-11-20(3)23(14-18)17-34(32,33)26-15-30(25-9-7-6-8-24(25)26)16-27(31)29-28-21(4)12-19(2)13-22(28)5/h6-15H,16-17H2,1-5H3,(H,29,31). The topological polar surface area (TPSA) is 68.2 Å². The van der Waals surface area contributed by atoms with E-state index in [2.05, 4.69) is 5.32 Å². The second-order valence-electron chi connectivity index (χ2n) is 9.15. The van der Waals surface area contributed by atoms with Crippen molar-refractivity contribution in [3.05, 3.63) is 94.2 Å². The maximum atomic E-state index is 13.5. The van der Waals surface area contributed by atoms with Gasteiger partial charge in [0.15, 0.2) is 9.84 Å². The number of rotatable bonds is 6. The van der Waals surface area contributed by atoms with E-state index < -0.39 is 9.84 Å². The summed E-state index contributed by atoms with van der Waals surface area (Å²) in [5.74, 6) is -0.281. The number of sulfone groups is 1. The van der Waals surface area contributed by atoms with Gasteiger partial charge in [-0.25, -0.2) is 8.42 Å². The van der Waals surface area contributed by atoms with E-state index in [0.717, 1.165) is 44.6 Å². The van der Waals surface area contributed by atoms with Gasteiger partial charge in [-0.05, 0) is 62.9 Å². The molecule has 0 saturated heterocycles. The number of hydrogen-bond acceptors (Lipinski definition) is 3. The number of nitrogens with one attached hydrogen (secondary N) is 1. The van der Waals surface area contributed by atoms with E-state index in [1.54, 1.807) is 16.8 Å². The smallest absolute Gasteiger partial charge is 0.244 e. The van der Waals surface area contributed by atoms with Crippen LogP contribution >= 0.6 is 0 Å². The van der Waals surface area contributed by atoms with Crippen LogP contribution in [0.15, 0.2) is 65.7 Å². The summed E-state index contributed by atoms with van der Waals surface area (Å²) >= 11 is 0. The van der Waals surface area contributed by atoms with E-state index in [1.807, 2.05) is 83.1 Å². The first kappa shape index (κ1) is 23.8. The highest BCUT2D eigenvalue weighted by Crippen LogP contribution is 2.29. The van der Waals surface area contributed by atoms with Crippen LogP contribution in [0.3, 0.4) is 0 Å². The zero-order valence-corrected chi connectivity index (χ0v) is 21.1. The molecule has 0 spiro atoms. The molecular formula is C28H30N2O3S. The van der Waals surface area contributed by atoms with Gasteiger partial charge in [-0.3, -0.25) is 4.79 Å². The van der Waals surface area contributed by atoms with E-state index in [-0.39, 0.29) is 23.1 Å². The Hall–Kier alpha value is -3.38. The Bertz CT molecular complexity index is 1490. The third kappa shape index (κ3) is 4.77. The summed E-state index contributed by atoms with van der Waals surface area (Å²) in [7, 11) is -3.62. The summed E-state index contributed by atoms with van der Waals surface area (Å²) in [6, 6.07) is 17.2. The summed E-state index contributed by atoms with van der Waals surface area (Å²) < 4.78 is 28.7. The lowest BCUT2D eigenvalue weighted by Crippen LogP contribution is -2.19. The van der Waals surface area contributed by atoms with Gasteiger partial charge in [0.1, 0.15) is 6.54 Å². The Kier molecular flexibility index (Phi) is 6.36. The van der Waals surface area contributed by atoms with Crippen LogP contribution in [0.1, 0.15) is 33.4 Å². The minimum atomic E-state index is -3.62. The van der Waals surface area contributed by atoms with E-state index in [0.29, 0.717) is 5.39 Å². The van der Waals surface area contributed by atoms with Crippen molar-refractivity contribution in [1.29, 1.82) is 0 Å². The van der Waals surface area contributed by atoms with Crippen molar-refractivity contribution in [2.24, 2.45) is 0 Å². The highest BCUT2D eigenvalue weighted by atomic mass is 32.2. The Morgan fingerprint density at radius 2 is 1.53 bits per heavy atom. The molecule has 1 aromatic heterocycles. The number of fused-ring (bicyclic) bond motifs is 1. The molecule has 0 aliphatic heterocycles. The third-order valence-electron chi connectivity index (χ3n) is 6.19. The van der Waals surface area contributed by atoms with Gasteiger partial charge in [0.05, 0.1) is 10.6 Å². The second-order valence-corrected chi connectivity index (χ2v) is 11.1. The molecule has 0 radical (unpaired) electrons. The molecule has 4 aromatic rings. The molecule has 0 unspecified atom stereocenters. The summed E-state index contributed by atoms with van der Waals surface area (Å²) in [4.78, 5) is 13.2. The van der Waals surface area contributed by atoms with Gasteiger partial charge in [0, 0.05) is 22.8 Å². The van der Waals surface area contributed by atoms with E-state index in [9.17, 15) is 13.2 Å². The molecule has 1 N–H and O–H groups in total. The Balaban J connectivity index is 1.67. The quantitative estimate of drug-likeness (QED) is 0.384. The number of aromatic nitrogens is 1. The SMILES string of the molecule is Cc1cc(C)c(NC(=O)Cn2cc(S(=O)(=O)Cc3cc(C)ccc3C)c3ccccc32)c(C)c1. The fraction of sp³-hybridized carbons (Fsp3) is 0.250. The number of benzene rings is 3. The molecule has 5 nitrogen and oxygen atoms in total. The van der Waals surface area contributed by atoms with Gasteiger partial charge < -0.3 is 9.88 Å². The first-order chi connectivity index (χ1) is 16.0. The second kappa shape index (κ2) is 9.11. The van der Waals surface area contributed by atoms with Crippen LogP contribution in [0.2, 0.25) is 0 Å². The number of anilines is 1. The minimum Gasteiger partial charge on any atom is -0.337 e. The van der Waals surface area contributed by atoms with Gasteiger partial charge >= 0.3 is 0 Å². The zero-order chi connectivity index (χ0) is 24.6. The van der Waals surface area contributed by atoms with Crippen molar-refractivity contribution in [3.63, 3.8) is 0 Å². The van der Waals surface area contributed by atoms with Gasteiger partial charge in [0.25, 0.3) is 0 Å². The van der Waals surface area contributed by atoms with E-state index in [1.165, 1.54) is 0 Å². The normalized spacial score (nSPS) is 11.7. The highest BCUT2D eigenvalue weighted by molar-refractivity contribution is 7.90. The maximum absolute atomic E-state index is 13.5. The van der Waals surface area contributed by atoms with Gasteiger partial charge in [-0.1, -0.05) is 59.7 Å². The number of para-hydroxylation sites is 1. The van der Waals surface area contributed by atoms with Crippen LogP contribution in [-0.2, 0) is 26.9 Å². The van der Waals surface area contributed by atoms with Crippen molar-refractivity contribution in [1.82, 2.24) is 4.57 Å². The molecule has 0 atom stereocenters. The number of carbonyl (C=O) groups is 1.